The fraction of sp³-hybridized carbons (Fsp3) is 0.0588. The van der Waals surface area contributed by atoms with Crippen LogP contribution in [-0.2, 0) is 0 Å². The first-order valence-electron chi connectivity index (χ1n) is 15.9. The molecule has 0 saturated carbocycles. The number of hydrogen-bond acceptors (Lipinski definition) is 11. The van der Waals surface area contributed by atoms with Gasteiger partial charge in [-0.15, -0.1) is 46.4 Å². The summed E-state index contributed by atoms with van der Waals surface area (Å²) >= 11 is 19.1. The Kier molecular flexibility index (Phi) is 21.4. The second-order valence-electron chi connectivity index (χ2n) is 10.2. The fourth-order valence-corrected chi connectivity index (χ4v) is 4.46. The van der Waals surface area contributed by atoms with E-state index in [0.29, 0.717) is 0 Å². The summed E-state index contributed by atoms with van der Waals surface area (Å²) in [6.07, 6.45) is 14.5. The van der Waals surface area contributed by atoms with Crippen molar-refractivity contribution < 1.29 is 42.4 Å². The molecule has 8 aromatic rings. The number of halogens is 4. The molecular formula is C34H28B2Cl4ErN13O3. The third-order valence-corrected chi connectivity index (χ3v) is 6.62. The molecule has 0 amide bonds. The van der Waals surface area contributed by atoms with Gasteiger partial charge in [0.1, 0.15) is 22.8 Å². The molecule has 0 saturated heterocycles. The summed E-state index contributed by atoms with van der Waals surface area (Å²) in [6, 6.07) is 30.7. The molecule has 0 spiro atoms. The molecule has 57 heavy (non-hydrogen) atoms. The van der Waals surface area contributed by atoms with Crippen molar-refractivity contribution in [2.45, 2.75) is 0 Å². The molecule has 8 heterocycles. The Labute approximate surface area is 377 Å². The molecule has 16 nitrogen and oxygen atoms in total. The van der Waals surface area contributed by atoms with E-state index in [1.165, 1.54) is 0 Å². The van der Waals surface area contributed by atoms with E-state index in [2.05, 4.69) is 40.3 Å². The normalized spacial score (nSPS) is 9.75. The average molecular weight is 997 g/mol. The number of aromatic nitrogens is 12. The van der Waals surface area contributed by atoms with Gasteiger partial charge in [0, 0.05) is 24.8 Å². The summed E-state index contributed by atoms with van der Waals surface area (Å²) in [6.45, 7) is 0. The molecule has 0 fully saturated rings. The van der Waals surface area contributed by atoms with Crippen molar-refractivity contribution in [3.8, 4) is 45.6 Å². The molecule has 0 aromatic carbocycles. The zero-order valence-corrected chi connectivity index (χ0v) is 34.1. The SMILES string of the molecule is ClCCl.ClCCl.O=[N+]([O-])[O-].[B-](n1ccc(-c2ccccn2)n1)n1ccc(-c2ccccn2)n1.[B-](n1ccc(-c2ccccn2)n1)n1ccc(-c2ccccn2)n1.[Er+3]. The van der Waals surface area contributed by atoms with Gasteiger partial charge in [-0.25, -0.2) is 20.4 Å². The van der Waals surface area contributed by atoms with Gasteiger partial charge in [-0.05, 0) is 113 Å². The van der Waals surface area contributed by atoms with Crippen LogP contribution in [0.3, 0.4) is 0 Å². The van der Waals surface area contributed by atoms with Gasteiger partial charge in [-0.3, -0.25) is 19.9 Å². The maximum Gasteiger partial charge on any atom is 3.00 e. The molecule has 0 aliphatic rings. The minimum absolute atomic E-state index is 0. The Morgan fingerprint density at radius 3 is 0.825 bits per heavy atom. The zero-order valence-electron chi connectivity index (χ0n) is 29.3. The predicted molar refractivity (Wildman–Crippen MR) is 218 cm³/mol. The van der Waals surface area contributed by atoms with Crippen molar-refractivity contribution in [3.63, 3.8) is 0 Å². The zero-order chi connectivity index (χ0) is 40.0. The van der Waals surface area contributed by atoms with Crippen molar-refractivity contribution in [3.05, 3.63) is 162 Å². The standard InChI is InChI=1S/2C16H12BN6.2CH2Cl2.Er.NO3/c2*1-3-9-18-13(5-1)15-7-11-22(20-15)17-23-12-8-16(21-23)14-6-2-4-10-19-14;2*2-1-3;;2-1(3)4/h2*1-12H;2*1H2;;/q2*-1;;;+3;-1. The Morgan fingerprint density at radius 2 is 0.649 bits per heavy atom. The molecule has 8 aromatic heterocycles. The average Bonchev–Trinajstić information content (AvgIpc) is 4.07. The van der Waals surface area contributed by atoms with E-state index in [0.717, 1.165) is 45.6 Å². The molecule has 8 rings (SSSR count). The summed E-state index contributed by atoms with van der Waals surface area (Å²) in [7, 11) is 3.58. The largest absolute Gasteiger partial charge is 3.00 e. The summed E-state index contributed by atoms with van der Waals surface area (Å²) < 4.78 is 6.83. The van der Waals surface area contributed by atoms with Crippen molar-refractivity contribution >= 4 is 61.5 Å². The summed E-state index contributed by atoms with van der Waals surface area (Å²) in [5.41, 5.74) is 6.64. The second-order valence-corrected chi connectivity index (χ2v) is 11.9. The molecule has 293 valence electrons. The molecule has 0 aliphatic carbocycles. The monoisotopic (exact) mass is 994 g/mol. The number of hydrogen-bond donors (Lipinski definition) is 0. The van der Waals surface area contributed by atoms with Gasteiger partial charge in [0.15, 0.2) is 0 Å². The topological polar surface area (TPSA) is 189 Å². The van der Waals surface area contributed by atoms with Gasteiger partial charge in [0.05, 0.1) is 38.5 Å². The van der Waals surface area contributed by atoms with Crippen LogP contribution in [0.25, 0.3) is 45.6 Å². The van der Waals surface area contributed by atoms with Crippen LogP contribution in [0.5, 0.6) is 0 Å². The minimum atomic E-state index is -1.75. The third-order valence-electron chi connectivity index (χ3n) is 6.62. The van der Waals surface area contributed by atoms with Gasteiger partial charge in [-0.1, -0.05) is 24.3 Å². The van der Waals surface area contributed by atoms with E-state index >= 15 is 0 Å². The maximum absolute atomic E-state index is 8.25. The van der Waals surface area contributed by atoms with Crippen LogP contribution in [0.15, 0.2) is 147 Å². The quantitative estimate of drug-likeness (QED) is 0.0669. The first kappa shape index (κ1) is 46.6. The number of pyridine rings is 4. The smallest absolute Gasteiger partial charge is 0.488 e. The fourth-order valence-electron chi connectivity index (χ4n) is 4.46. The van der Waals surface area contributed by atoms with E-state index in [1.807, 2.05) is 122 Å². The third kappa shape index (κ3) is 16.3. The molecule has 0 atom stereocenters. The summed E-state index contributed by atoms with van der Waals surface area (Å²) in [5, 5.41) is 33.1. The van der Waals surface area contributed by atoms with E-state index in [4.69, 9.17) is 61.7 Å². The first-order valence-corrected chi connectivity index (χ1v) is 18.1. The Hall–Kier alpha value is -4.82. The van der Waals surface area contributed by atoms with Gasteiger partial charge in [-0.2, -0.15) is 0 Å². The van der Waals surface area contributed by atoms with Gasteiger partial charge >= 0.3 is 37.3 Å². The predicted octanol–water partition coefficient (Wildman–Crippen LogP) is 6.87. The Balaban J connectivity index is 0.000000245. The van der Waals surface area contributed by atoms with Crippen LogP contribution in [-0.4, -0.2) is 89.6 Å². The summed E-state index contributed by atoms with van der Waals surface area (Å²) in [4.78, 5) is 25.4. The van der Waals surface area contributed by atoms with Gasteiger partial charge in [0.2, 0.25) is 0 Å². The van der Waals surface area contributed by atoms with Crippen LogP contribution < -0.4 is 0 Å². The van der Waals surface area contributed by atoms with Gasteiger partial charge < -0.3 is 33.7 Å². The van der Waals surface area contributed by atoms with Crippen LogP contribution in [0.2, 0.25) is 0 Å². The van der Waals surface area contributed by atoms with E-state index in [1.54, 1.807) is 58.3 Å². The summed E-state index contributed by atoms with van der Waals surface area (Å²) in [5.74, 6) is 0. The molecular weight excluding hydrogens is 969 g/mol. The molecule has 0 aliphatic heterocycles. The van der Waals surface area contributed by atoms with Crippen molar-refractivity contribution in [1.82, 2.24) is 58.7 Å². The minimum Gasteiger partial charge on any atom is -0.488 e. The molecule has 0 unspecified atom stereocenters. The Bertz CT molecular complexity index is 1980. The first-order chi connectivity index (χ1) is 27.3. The molecule has 5 radical (unpaired) electrons. The maximum atomic E-state index is 8.25. The van der Waals surface area contributed by atoms with E-state index in [9.17, 15) is 0 Å². The molecule has 0 bridgehead atoms. The Morgan fingerprint density at radius 1 is 0.439 bits per heavy atom. The van der Waals surface area contributed by atoms with Crippen molar-refractivity contribution in [1.29, 1.82) is 0 Å². The van der Waals surface area contributed by atoms with E-state index in [-0.39, 0.29) is 48.0 Å². The van der Waals surface area contributed by atoms with Crippen molar-refractivity contribution in [2.24, 2.45) is 0 Å². The van der Waals surface area contributed by atoms with E-state index < -0.39 is 5.09 Å². The molecule has 0 N–H and O–H groups in total. The number of nitrogens with zero attached hydrogens (tertiary/aromatic N) is 13. The number of rotatable bonds is 8. The van der Waals surface area contributed by atoms with Crippen LogP contribution in [0.4, 0.5) is 0 Å². The van der Waals surface area contributed by atoms with Crippen LogP contribution in [0, 0.1) is 52.6 Å². The van der Waals surface area contributed by atoms with Gasteiger partial charge in [0.25, 0.3) is 0 Å². The number of alkyl halides is 4. The van der Waals surface area contributed by atoms with Crippen LogP contribution >= 0.6 is 46.4 Å². The van der Waals surface area contributed by atoms with Crippen LogP contribution in [0.1, 0.15) is 0 Å². The second kappa shape index (κ2) is 26.2. The van der Waals surface area contributed by atoms with Crippen molar-refractivity contribution in [2.75, 3.05) is 10.7 Å². The molecule has 23 heteroatoms.